The van der Waals surface area contributed by atoms with E-state index in [4.69, 9.17) is 0 Å². The van der Waals surface area contributed by atoms with Crippen LogP contribution in [-0.2, 0) is 4.79 Å². The molecule has 0 radical (unpaired) electrons. The maximum atomic E-state index is 12.2. The number of carbonyl (C=O) groups excluding carboxylic acids is 1. The van der Waals surface area contributed by atoms with Crippen LogP contribution < -0.4 is 0 Å². The Hall–Kier alpha value is -1.63. The Morgan fingerprint density at radius 2 is 1.84 bits per heavy atom. The van der Waals surface area contributed by atoms with Crippen molar-refractivity contribution in [2.24, 2.45) is 0 Å². The summed E-state index contributed by atoms with van der Waals surface area (Å²) in [6, 6.07) is 10.1. The fourth-order valence-corrected chi connectivity index (χ4v) is 1.82. The van der Waals surface area contributed by atoms with Crippen molar-refractivity contribution < 1.29 is 4.79 Å². The smallest absolute Gasteiger partial charge is 0.159 e. The van der Waals surface area contributed by atoms with Crippen molar-refractivity contribution in [3.63, 3.8) is 0 Å². The standard InChI is InChI=1S/C18H24O/c1-4-5-11-18(19)17(13-12-15(2)3)14-16-9-7-6-8-10-16/h6-10,12,14H,4-5,11,13H2,1-3H3/b17-14-. The number of ketones is 1. The molecular weight excluding hydrogens is 232 g/mol. The summed E-state index contributed by atoms with van der Waals surface area (Å²) in [6.07, 6.45) is 7.58. The summed E-state index contributed by atoms with van der Waals surface area (Å²) in [5.74, 6) is 0.281. The molecule has 1 heteroatoms. The molecule has 0 aromatic heterocycles. The van der Waals surface area contributed by atoms with Crippen molar-refractivity contribution in [2.75, 3.05) is 0 Å². The second-order valence-corrected chi connectivity index (χ2v) is 5.09. The molecule has 0 N–H and O–H groups in total. The minimum atomic E-state index is 0.281. The van der Waals surface area contributed by atoms with E-state index in [2.05, 4.69) is 26.8 Å². The van der Waals surface area contributed by atoms with Gasteiger partial charge >= 0.3 is 0 Å². The molecule has 0 bridgehead atoms. The molecule has 19 heavy (non-hydrogen) atoms. The molecule has 102 valence electrons. The van der Waals surface area contributed by atoms with Gasteiger partial charge < -0.3 is 0 Å². The molecule has 0 aliphatic carbocycles. The lowest BCUT2D eigenvalue weighted by Crippen LogP contribution is -2.02. The van der Waals surface area contributed by atoms with Gasteiger partial charge in [0.1, 0.15) is 0 Å². The SMILES string of the molecule is CCCCC(=O)/C(=C\c1ccccc1)CC=C(C)C. The minimum absolute atomic E-state index is 0.281. The number of rotatable bonds is 7. The van der Waals surface area contributed by atoms with E-state index >= 15 is 0 Å². The highest BCUT2D eigenvalue weighted by Crippen LogP contribution is 2.15. The molecular formula is C18H24O. The van der Waals surface area contributed by atoms with Crippen LogP contribution in [0.3, 0.4) is 0 Å². The highest BCUT2D eigenvalue weighted by atomic mass is 16.1. The van der Waals surface area contributed by atoms with E-state index in [-0.39, 0.29) is 5.78 Å². The molecule has 1 aromatic rings. The van der Waals surface area contributed by atoms with Crippen molar-refractivity contribution in [1.82, 2.24) is 0 Å². The van der Waals surface area contributed by atoms with Crippen molar-refractivity contribution in [2.45, 2.75) is 46.5 Å². The van der Waals surface area contributed by atoms with Gasteiger partial charge in [-0.15, -0.1) is 0 Å². The summed E-state index contributed by atoms with van der Waals surface area (Å²) in [7, 11) is 0. The number of hydrogen-bond donors (Lipinski definition) is 0. The Labute approximate surface area is 117 Å². The second-order valence-electron chi connectivity index (χ2n) is 5.09. The molecule has 0 saturated heterocycles. The molecule has 0 amide bonds. The van der Waals surface area contributed by atoms with Crippen molar-refractivity contribution in [1.29, 1.82) is 0 Å². The zero-order valence-corrected chi connectivity index (χ0v) is 12.3. The van der Waals surface area contributed by atoms with Gasteiger partial charge in [-0.1, -0.05) is 55.3 Å². The quantitative estimate of drug-likeness (QED) is 0.485. The van der Waals surface area contributed by atoms with Gasteiger partial charge in [-0.2, -0.15) is 0 Å². The van der Waals surface area contributed by atoms with Gasteiger partial charge in [-0.05, 0) is 43.9 Å². The summed E-state index contributed by atoms with van der Waals surface area (Å²) >= 11 is 0. The lowest BCUT2D eigenvalue weighted by atomic mass is 9.99. The minimum Gasteiger partial charge on any atom is -0.295 e. The van der Waals surface area contributed by atoms with Gasteiger partial charge in [-0.3, -0.25) is 4.79 Å². The van der Waals surface area contributed by atoms with E-state index in [0.717, 1.165) is 30.4 Å². The van der Waals surface area contributed by atoms with Crippen LogP contribution in [0.2, 0.25) is 0 Å². The van der Waals surface area contributed by atoms with Crippen LogP contribution >= 0.6 is 0 Å². The number of carbonyl (C=O) groups is 1. The lowest BCUT2D eigenvalue weighted by molar-refractivity contribution is -0.115. The van der Waals surface area contributed by atoms with Crippen LogP contribution in [0.5, 0.6) is 0 Å². The van der Waals surface area contributed by atoms with Crippen LogP contribution in [-0.4, -0.2) is 5.78 Å². The molecule has 0 spiro atoms. The largest absolute Gasteiger partial charge is 0.295 e. The monoisotopic (exact) mass is 256 g/mol. The first kappa shape index (κ1) is 15.4. The molecule has 1 nitrogen and oxygen atoms in total. The third-order valence-electron chi connectivity index (χ3n) is 2.99. The number of benzene rings is 1. The molecule has 0 unspecified atom stereocenters. The van der Waals surface area contributed by atoms with E-state index < -0.39 is 0 Å². The number of Topliss-reactive ketones (excluding diaryl/α,β-unsaturated/α-hetero) is 1. The fraction of sp³-hybridized carbons (Fsp3) is 0.389. The van der Waals surface area contributed by atoms with Gasteiger partial charge in [0.2, 0.25) is 0 Å². The second kappa shape index (κ2) is 8.47. The van der Waals surface area contributed by atoms with E-state index in [1.807, 2.05) is 36.4 Å². The molecule has 1 aromatic carbocycles. The average Bonchev–Trinajstić information content (AvgIpc) is 2.41. The Balaban J connectivity index is 2.88. The maximum Gasteiger partial charge on any atom is 0.159 e. The van der Waals surface area contributed by atoms with Crippen LogP contribution in [0.4, 0.5) is 0 Å². The third-order valence-corrected chi connectivity index (χ3v) is 2.99. The van der Waals surface area contributed by atoms with E-state index in [0.29, 0.717) is 6.42 Å². The molecule has 1 rings (SSSR count). The van der Waals surface area contributed by atoms with Gasteiger partial charge in [-0.25, -0.2) is 0 Å². The summed E-state index contributed by atoms with van der Waals surface area (Å²) in [4.78, 5) is 12.2. The Morgan fingerprint density at radius 3 is 2.42 bits per heavy atom. The van der Waals surface area contributed by atoms with E-state index in [1.54, 1.807) is 0 Å². The highest BCUT2D eigenvalue weighted by Gasteiger charge is 2.07. The van der Waals surface area contributed by atoms with Crippen molar-refractivity contribution in [3.8, 4) is 0 Å². The Kier molecular flexibility index (Phi) is 6.88. The Bertz CT molecular complexity index is 448. The zero-order chi connectivity index (χ0) is 14.1. The van der Waals surface area contributed by atoms with Gasteiger partial charge in [0.15, 0.2) is 5.78 Å². The normalized spacial score (nSPS) is 11.2. The van der Waals surface area contributed by atoms with Crippen LogP contribution in [0.25, 0.3) is 6.08 Å². The predicted molar refractivity (Wildman–Crippen MR) is 83.0 cm³/mol. The van der Waals surface area contributed by atoms with Crippen molar-refractivity contribution in [3.05, 3.63) is 53.1 Å². The summed E-state index contributed by atoms with van der Waals surface area (Å²) in [5, 5.41) is 0. The topological polar surface area (TPSA) is 17.1 Å². The van der Waals surface area contributed by atoms with Crippen LogP contribution in [0.1, 0.15) is 52.0 Å². The fourth-order valence-electron chi connectivity index (χ4n) is 1.82. The predicted octanol–water partition coefficient (Wildman–Crippen LogP) is 5.19. The lowest BCUT2D eigenvalue weighted by Gasteiger charge is -2.05. The molecule has 0 saturated carbocycles. The third kappa shape index (κ3) is 6.19. The number of unbranched alkanes of at least 4 members (excludes halogenated alkanes) is 1. The maximum absolute atomic E-state index is 12.2. The molecule has 0 heterocycles. The number of allylic oxidation sites excluding steroid dienone is 3. The highest BCUT2D eigenvalue weighted by molar-refractivity contribution is 5.99. The van der Waals surface area contributed by atoms with Gasteiger partial charge in [0.25, 0.3) is 0 Å². The van der Waals surface area contributed by atoms with Gasteiger partial charge in [0, 0.05) is 6.42 Å². The number of hydrogen-bond acceptors (Lipinski definition) is 1. The molecule has 0 aliphatic rings. The van der Waals surface area contributed by atoms with E-state index in [1.165, 1.54) is 5.57 Å². The summed E-state index contributed by atoms with van der Waals surface area (Å²) < 4.78 is 0. The molecule has 0 atom stereocenters. The van der Waals surface area contributed by atoms with Crippen LogP contribution in [0.15, 0.2) is 47.6 Å². The Morgan fingerprint density at radius 1 is 1.16 bits per heavy atom. The van der Waals surface area contributed by atoms with Crippen LogP contribution in [0, 0.1) is 0 Å². The zero-order valence-electron chi connectivity index (χ0n) is 12.3. The van der Waals surface area contributed by atoms with E-state index in [9.17, 15) is 4.79 Å². The summed E-state index contributed by atoms with van der Waals surface area (Å²) in [6.45, 7) is 6.25. The first-order chi connectivity index (χ1) is 9.13. The van der Waals surface area contributed by atoms with Crippen molar-refractivity contribution >= 4 is 11.9 Å². The summed E-state index contributed by atoms with van der Waals surface area (Å²) in [5.41, 5.74) is 3.27. The first-order valence-corrected chi connectivity index (χ1v) is 7.05. The first-order valence-electron chi connectivity index (χ1n) is 7.05. The van der Waals surface area contributed by atoms with Gasteiger partial charge in [0.05, 0.1) is 0 Å². The molecule has 0 fully saturated rings. The average molecular weight is 256 g/mol. The molecule has 0 aliphatic heterocycles.